The SMILES string of the molecule is CCC1(CNC(=O)c2ccn(C(C)C)n2)CCOCC1. The fourth-order valence-electron chi connectivity index (χ4n) is 2.56. The minimum Gasteiger partial charge on any atom is -0.381 e. The van der Waals surface area contributed by atoms with Crippen molar-refractivity contribution in [3.05, 3.63) is 18.0 Å². The molecule has 5 nitrogen and oxygen atoms in total. The predicted octanol–water partition coefficient (Wildman–Crippen LogP) is 2.40. The molecule has 1 aliphatic rings. The fourth-order valence-corrected chi connectivity index (χ4v) is 2.56. The highest BCUT2D eigenvalue weighted by Crippen LogP contribution is 2.33. The van der Waals surface area contributed by atoms with Crippen LogP contribution in [-0.2, 0) is 4.74 Å². The predicted molar refractivity (Wildman–Crippen MR) is 77.7 cm³/mol. The maximum atomic E-state index is 12.2. The zero-order valence-corrected chi connectivity index (χ0v) is 12.7. The zero-order chi connectivity index (χ0) is 14.6. The molecule has 1 aromatic heterocycles. The Hall–Kier alpha value is -1.36. The fraction of sp³-hybridized carbons (Fsp3) is 0.733. The highest BCUT2D eigenvalue weighted by Gasteiger charge is 2.31. The first-order valence-corrected chi connectivity index (χ1v) is 7.47. The van der Waals surface area contributed by atoms with Crippen molar-refractivity contribution in [3.63, 3.8) is 0 Å². The Morgan fingerprint density at radius 2 is 2.20 bits per heavy atom. The number of carbonyl (C=O) groups is 1. The Labute approximate surface area is 120 Å². The van der Waals surface area contributed by atoms with Crippen molar-refractivity contribution in [2.24, 2.45) is 5.41 Å². The monoisotopic (exact) mass is 279 g/mol. The van der Waals surface area contributed by atoms with E-state index in [2.05, 4.69) is 17.3 Å². The van der Waals surface area contributed by atoms with E-state index in [4.69, 9.17) is 4.74 Å². The van der Waals surface area contributed by atoms with Crippen LogP contribution >= 0.6 is 0 Å². The van der Waals surface area contributed by atoms with E-state index < -0.39 is 0 Å². The van der Waals surface area contributed by atoms with E-state index in [0.29, 0.717) is 12.2 Å². The van der Waals surface area contributed by atoms with Gasteiger partial charge in [-0.05, 0) is 44.6 Å². The molecule has 0 aliphatic carbocycles. The number of hydrogen-bond donors (Lipinski definition) is 1. The molecule has 1 amide bonds. The lowest BCUT2D eigenvalue weighted by atomic mass is 9.78. The molecule has 1 saturated heterocycles. The molecule has 0 atom stereocenters. The third-order valence-electron chi connectivity index (χ3n) is 4.30. The van der Waals surface area contributed by atoms with Gasteiger partial charge in [-0.15, -0.1) is 0 Å². The molecule has 0 aromatic carbocycles. The molecule has 0 unspecified atom stereocenters. The molecule has 0 spiro atoms. The smallest absolute Gasteiger partial charge is 0.271 e. The molecule has 1 N–H and O–H groups in total. The summed E-state index contributed by atoms with van der Waals surface area (Å²) < 4.78 is 7.22. The molecule has 2 rings (SSSR count). The van der Waals surface area contributed by atoms with Gasteiger partial charge in [0.25, 0.3) is 5.91 Å². The summed E-state index contributed by atoms with van der Waals surface area (Å²) in [7, 11) is 0. The van der Waals surface area contributed by atoms with E-state index in [1.165, 1.54) is 0 Å². The molecular weight excluding hydrogens is 254 g/mol. The average molecular weight is 279 g/mol. The second-order valence-corrected chi connectivity index (χ2v) is 5.92. The van der Waals surface area contributed by atoms with Crippen LogP contribution in [0.15, 0.2) is 12.3 Å². The highest BCUT2D eigenvalue weighted by atomic mass is 16.5. The van der Waals surface area contributed by atoms with Crippen LogP contribution in [0.2, 0.25) is 0 Å². The molecular formula is C15H25N3O2. The first-order valence-electron chi connectivity index (χ1n) is 7.47. The minimum atomic E-state index is -0.0799. The van der Waals surface area contributed by atoms with Crippen LogP contribution in [0, 0.1) is 5.41 Å². The number of rotatable bonds is 5. The summed E-state index contributed by atoms with van der Waals surface area (Å²) in [6.45, 7) is 8.58. The van der Waals surface area contributed by atoms with E-state index in [-0.39, 0.29) is 17.4 Å². The van der Waals surface area contributed by atoms with Crippen molar-refractivity contribution in [1.29, 1.82) is 0 Å². The lowest BCUT2D eigenvalue weighted by Crippen LogP contribution is -2.41. The summed E-state index contributed by atoms with van der Waals surface area (Å²) in [6.07, 6.45) is 4.95. The van der Waals surface area contributed by atoms with Crippen LogP contribution in [0.1, 0.15) is 56.6 Å². The van der Waals surface area contributed by atoms with Crippen molar-refractivity contribution in [1.82, 2.24) is 15.1 Å². The van der Waals surface area contributed by atoms with Gasteiger partial charge in [-0.3, -0.25) is 9.48 Å². The Bertz CT molecular complexity index is 448. The van der Waals surface area contributed by atoms with E-state index in [0.717, 1.165) is 32.5 Å². The lowest BCUT2D eigenvalue weighted by molar-refractivity contribution is 0.0128. The van der Waals surface area contributed by atoms with Gasteiger partial charge in [0.2, 0.25) is 0 Å². The maximum absolute atomic E-state index is 12.2. The quantitative estimate of drug-likeness (QED) is 0.900. The molecule has 1 aliphatic heterocycles. The Morgan fingerprint density at radius 3 is 2.75 bits per heavy atom. The third kappa shape index (κ3) is 3.39. The van der Waals surface area contributed by atoms with E-state index in [1.54, 1.807) is 10.7 Å². The molecule has 5 heteroatoms. The van der Waals surface area contributed by atoms with Gasteiger partial charge in [0.05, 0.1) is 0 Å². The Morgan fingerprint density at radius 1 is 1.50 bits per heavy atom. The first kappa shape index (κ1) is 15.0. The van der Waals surface area contributed by atoms with Gasteiger partial charge in [0.15, 0.2) is 0 Å². The maximum Gasteiger partial charge on any atom is 0.271 e. The van der Waals surface area contributed by atoms with Crippen molar-refractivity contribution in [2.75, 3.05) is 19.8 Å². The van der Waals surface area contributed by atoms with Crippen LogP contribution in [0.5, 0.6) is 0 Å². The van der Waals surface area contributed by atoms with Gasteiger partial charge < -0.3 is 10.1 Å². The van der Waals surface area contributed by atoms with Crippen LogP contribution in [0.25, 0.3) is 0 Å². The number of ether oxygens (including phenoxy) is 1. The minimum absolute atomic E-state index is 0.0799. The van der Waals surface area contributed by atoms with Gasteiger partial charge in [0.1, 0.15) is 5.69 Å². The van der Waals surface area contributed by atoms with Crippen LogP contribution in [-0.4, -0.2) is 35.4 Å². The highest BCUT2D eigenvalue weighted by molar-refractivity contribution is 5.92. The van der Waals surface area contributed by atoms with Crippen molar-refractivity contribution in [2.45, 2.75) is 46.1 Å². The van der Waals surface area contributed by atoms with Crippen molar-refractivity contribution >= 4 is 5.91 Å². The molecule has 1 aromatic rings. The van der Waals surface area contributed by atoms with E-state index >= 15 is 0 Å². The second-order valence-electron chi connectivity index (χ2n) is 5.92. The van der Waals surface area contributed by atoms with Crippen LogP contribution in [0.4, 0.5) is 0 Å². The standard InChI is InChI=1S/C15H25N3O2/c1-4-15(6-9-20-10-7-15)11-16-14(19)13-5-8-18(17-13)12(2)3/h5,8,12H,4,6-7,9-11H2,1-3H3,(H,16,19). The molecule has 20 heavy (non-hydrogen) atoms. The van der Waals surface area contributed by atoms with Gasteiger partial charge in [-0.25, -0.2) is 0 Å². The van der Waals surface area contributed by atoms with Crippen molar-refractivity contribution < 1.29 is 9.53 Å². The first-order chi connectivity index (χ1) is 9.56. The summed E-state index contributed by atoms with van der Waals surface area (Å²) in [5.41, 5.74) is 0.686. The summed E-state index contributed by atoms with van der Waals surface area (Å²) in [6, 6.07) is 2.05. The normalized spacial score (nSPS) is 18.2. The van der Waals surface area contributed by atoms with Gasteiger partial charge >= 0.3 is 0 Å². The van der Waals surface area contributed by atoms with Crippen LogP contribution < -0.4 is 5.32 Å². The Kier molecular flexibility index (Phi) is 4.81. The summed E-state index contributed by atoms with van der Waals surface area (Å²) in [4.78, 5) is 12.2. The Balaban J connectivity index is 1.93. The van der Waals surface area contributed by atoms with E-state index in [9.17, 15) is 4.79 Å². The number of nitrogens with one attached hydrogen (secondary N) is 1. The topological polar surface area (TPSA) is 56.2 Å². The molecule has 1 fully saturated rings. The molecule has 0 radical (unpaired) electrons. The summed E-state index contributed by atoms with van der Waals surface area (Å²) in [5.74, 6) is -0.0799. The molecule has 0 bridgehead atoms. The summed E-state index contributed by atoms with van der Waals surface area (Å²) in [5, 5.41) is 7.34. The van der Waals surface area contributed by atoms with Gasteiger partial charge in [0, 0.05) is 32.0 Å². The molecule has 2 heterocycles. The second kappa shape index (κ2) is 6.39. The number of carbonyl (C=O) groups excluding carboxylic acids is 1. The van der Waals surface area contributed by atoms with Gasteiger partial charge in [-0.2, -0.15) is 5.10 Å². The largest absolute Gasteiger partial charge is 0.381 e. The van der Waals surface area contributed by atoms with E-state index in [1.807, 2.05) is 20.0 Å². The van der Waals surface area contributed by atoms with Crippen molar-refractivity contribution in [3.8, 4) is 0 Å². The average Bonchev–Trinajstić information content (AvgIpc) is 2.96. The zero-order valence-electron chi connectivity index (χ0n) is 12.7. The number of amides is 1. The molecule has 0 saturated carbocycles. The number of nitrogens with zero attached hydrogens (tertiary/aromatic N) is 2. The van der Waals surface area contributed by atoms with Gasteiger partial charge in [-0.1, -0.05) is 6.92 Å². The van der Waals surface area contributed by atoms with Crippen LogP contribution in [0.3, 0.4) is 0 Å². The number of aromatic nitrogens is 2. The molecule has 112 valence electrons. The lowest BCUT2D eigenvalue weighted by Gasteiger charge is -2.36. The number of hydrogen-bond acceptors (Lipinski definition) is 3. The summed E-state index contributed by atoms with van der Waals surface area (Å²) >= 11 is 0. The third-order valence-corrected chi connectivity index (χ3v) is 4.30.